The minimum absolute atomic E-state index is 0.0257. The van der Waals surface area contributed by atoms with Crippen molar-refractivity contribution in [2.45, 2.75) is 63.1 Å². The number of amides is 1. The van der Waals surface area contributed by atoms with Gasteiger partial charge in [0.05, 0.1) is 12.7 Å². The van der Waals surface area contributed by atoms with Crippen LogP contribution in [0, 0.1) is 17.8 Å². The second-order valence-electron chi connectivity index (χ2n) is 9.17. The zero-order valence-corrected chi connectivity index (χ0v) is 15.9. The predicted octanol–water partition coefficient (Wildman–Crippen LogP) is 2.94. The van der Waals surface area contributed by atoms with E-state index in [9.17, 15) is 9.90 Å². The Morgan fingerprint density at radius 3 is 2.31 bits per heavy atom. The maximum Gasteiger partial charge on any atom is 0.245 e. The fourth-order valence-electron chi connectivity index (χ4n) is 5.64. The molecular weight excluding hydrogens is 328 g/mol. The summed E-state index contributed by atoms with van der Waals surface area (Å²) in [6.45, 7) is 3.83. The number of hydrogen-bond acceptors (Lipinski definition) is 4. The normalized spacial score (nSPS) is 35.2. The highest BCUT2D eigenvalue weighted by atomic mass is 16.5. The van der Waals surface area contributed by atoms with E-state index in [0.29, 0.717) is 17.8 Å². The number of benzene rings is 1. The first-order chi connectivity index (χ1) is 12.3. The number of aliphatic hydroxyl groups is 1. The number of carbonyl (C=O) groups is 1. The summed E-state index contributed by atoms with van der Waals surface area (Å²) in [5.74, 6) is 2.32. The van der Waals surface area contributed by atoms with E-state index >= 15 is 0 Å². The van der Waals surface area contributed by atoms with Gasteiger partial charge in [0.25, 0.3) is 0 Å². The highest BCUT2D eigenvalue weighted by molar-refractivity contribution is 5.88. The lowest BCUT2D eigenvalue weighted by atomic mass is 9.52. The molecule has 5 rings (SSSR count). The van der Waals surface area contributed by atoms with Gasteiger partial charge in [-0.1, -0.05) is 0 Å². The number of ether oxygens (including phenoxy) is 1. The van der Waals surface area contributed by atoms with Crippen LogP contribution in [0.15, 0.2) is 24.3 Å². The zero-order valence-electron chi connectivity index (χ0n) is 15.9. The maximum absolute atomic E-state index is 13.0. The van der Waals surface area contributed by atoms with Gasteiger partial charge in [0.1, 0.15) is 11.3 Å². The first-order valence-electron chi connectivity index (χ1n) is 9.74. The average Bonchev–Trinajstić information content (AvgIpc) is 2.57. The third-order valence-corrected chi connectivity index (χ3v) is 6.65. The van der Waals surface area contributed by atoms with Crippen molar-refractivity contribution >= 4 is 11.6 Å². The van der Waals surface area contributed by atoms with Crippen LogP contribution in [-0.2, 0) is 4.79 Å². The minimum atomic E-state index is -0.708. The Balaban J connectivity index is 1.42. The van der Waals surface area contributed by atoms with Crippen molar-refractivity contribution in [3.05, 3.63) is 24.3 Å². The van der Waals surface area contributed by atoms with E-state index in [1.807, 2.05) is 38.1 Å². The molecule has 5 heteroatoms. The summed E-state index contributed by atoms with van der Waals surface area (Å²) in [5.41, 5.74) is -0.278. The van der Waals surface area contributed by atoms with Crippen LogP contribution in [0.2, 0.25) is 0 Å². The number of methoxy groups -OCH3 is 1. The SMILES string of the molecule is COc1ccc(NC(C)(C)C(=O)NC2[C@@H]3CC4C[C@H]2CC(O)(C4)C3)cc1. The molecule has 26 heavy (non-hydrogen) atoms. The van der Waals surface area contributed by atoms with Gasteiger partial charge in [-0.2, -0.15) is 0 Å². The van der Waals surface area contributed by atoms with Gasteiger partial charge < -0.3 is 20.5 Å². The Kier molecular flexibility index (Phi) is 4.18. The quantitative estimate of drug-likeness (QED) is 0.757. The summed E-state index contributed by atoms with van der Waals surface area (Å²) >= 11 is 0. The molecule has 5 atom stereocenters. The van der Waals surface area contributed by atoms with Crippen molar-refractivity contribution in [2.75, 3.05) is 12.4 Å². The van der Waals surface area contributed by atoms with Crippen LogP contribution in [-0.4, -0.2) is 35.3 Å². The van der Waals surface area contributed by atoms with Crippen molar-refractivity contribution in [2.24, 2.45) is 17.8 Å². The zero-order chi connectivity index (χ0) is 18.5. The number of rotatable bonds is 5. The second-order valence-corrected chi connectivity index (χ2v) is 9.17. The largest absolute Gasteiger partial charge is 0.497 e. The van der Waals surface area contributed by atoms with Gasteiger partial charge in [0.15, 0.2) is 0 Å². The van der Waals surface area contributed by atoms with Crippen LogP contribution < -0.4 is 15.4 Å². The molecule has 0 aromatic heterocycles. The molecule has 142 valence electrons. The van der Waals surface area contributed by atoms with E-state index in [-0.39, 0.29) is 11.9 Å². The Labute approximate surface area is 155 Å². The second kappa shape index (κ2) is 6.15. The van der Waals surface area contributed by atoms with E-state index in [0.717, 1.165) is 43.5 Å². The molecule has 4 aliphatic carbocycles. The van der Waals surface area contributed by atoms with E-state index in [4.69, 9.17) is 4.74 Å². The summed E-state index contributed by atoms with van der Waals surface area (Å²) in [5, 5.41) is 17.4. The smallest absolute Gasteiger partial charge is 0.245 e. The fourth-order valence-corrected chi connectivity index (χ4v) is 5.64. The number of anilines is 1. The summed E-state index contributed by atoms with van der Waals surface area (Å²) in [6, 6.07) is 7.82. The molecule has 4 saturated carbocycles. The lowest BCUT2D eigenvalue weighted by Crippen LogP contribution is -2.63. The molecule has 3 N–H and O–H groups in total. The molecule has 4 bridgehead atoms. The molecule has 0 radical (unpaired) electrons. The van der Waals surface area contributed by atoms with E-state index in [1.165, 1.54) is 0 Å². The first kappa shape index (κ1) is 17.7. The van der Waals surface area contributed by atoms with Gasteiger partial charge in [-0.25, -0.2) is 0 Å². The van der Waals surface area contributed by atoms with Gasteiger partial charge in [0, 0.05) is 11.7 Å². The Morgan fingerprint density at radius 2 is 1.77 bits per heavy atom. The summed E-state index contributed by atoms with van der Waals surface area (Å²) in [4.78, 5) is 13.0. The average molecular weight is 358 g/mol. The first-order valence-corrected chi connectivity index (χ1v) is 9.74. The summed E-state index contributed by atoms with van der Waals surface area (Å²) in [7, 11) is 1.64. The van der Waals surface area contributed by atoms with Crippen molar-refractivity contribution in [3.63, 3.8) is 0 Å². The van der Waals surface area contributed by atoms with Gasteiger partial charge in [-0.3, -0.25) is 4.79 Å². The molecule has 3 unspecified atom stereocenters. The Hall–Kier alpha value is -1.75. The number of nitrogens with one attached hydrogen (secondary N) is 2. The van der Waals surface area contributed by atoms with Crippen LogP contribution in [0.1, 0.15) is 46.0 Å². The molecular formula is C21H30N2O3. The lowest BCUT2D eigenvalue weighted by Gasteiger charge is -2.58. The molecule has 4 aliphatic rings. The Morgan fingerprint density at radius 1 is 1.15 bits per heavy atom. The summed E-state index contributed by atoms with van der Waals surface area (Å²) < 4.78 is 5.18. The van der Waals surface area contributed by atoms with Crippen molar-refractivity contribution < 1.29 is 14.6 Å². The van der Waals surface area contributed by atoms with Crippen LogP contribution in [0.5, 0.6) is 5.75 Å². The molecule has 0 spiro atoms. The van der Waals surface area contributed by atoms with Gasteiger partial charge in [-0.15, -0.1) is 0 Å². The topological polar surface area (TPSA) is 70.6 Å². The Bertz CT molecular complexity index is 669. The van der Waals surface area contributed by atoms with E-state index in [2.05, 4.69) is 10.6 Å². The molecule has 0 aliphatic heterocycles. The van der Waals surface area contributed by atoms with Crippen LogP contribution in [0.25, 0.3) is 0 Å². The van der Waals surface area contributed by atoms with Gasteiger partial charge in [0.2, 0.25) is 5.91 Å². The molecule has 1 aromatic carbocycles. The van der Waals surface area contributed by atoms with Crippen molar-refractivity contribution in [1.82, 2.24) is 5.32 Å². The molecule has 1 aromatic rings. The monoisotopic (exact) mass is 358 g/mol. The molecule has 1 amide bonds. The highest BCUT2D eigenvalue weighted by Crippen LogP contribution is 2.55. The molecule has 0 heterocycles. The van der Waals surface area contributed by atoms with Crippen LogP contribution in [0.4, 0.5) is 5.69 Å². The number of hydrogen-bond donors (Lipinski definition) is 3. The highest BCUT2D eigenvalue weighted by Gasteiger charge is 2.55. The van der Waals surface area contributed by atoms with Crippen molar-refractivity contribution in [3.8, 4) is 5.75 Å². The molecule has 5 nitrogen and oxygen atoms in total. The number of carbonyl (C=O) groups excluding carboxylic acids is 1. The third kappa shape index (κ3) is 3.18. The van der Waals surface area contributed by atoms with E-state index in [1.54, 1.807) is 7.11 Å². The van der Waals surface area contributed by atoms with Gasteiger partial charge >= 0.3 is 0 Å². The van der Waals surface area contributed by atoms with Crippen LogP contribution >= 0.6 is 0 Å². The standard InChI is InChI=1S/C21H30N2O3/c1-20(2,23-16-4-6-17(26-3)7-5-16)19(24)22-18-14-8-13-9-15(18)12-21(25,10-13)11-14/h4-7,13-15,18,23,25H,8-12H2,1-3H3,(H,22,24)/t13?,14-,15+,18?,21?. The maximum atomic E-state index is 13.0. The van der Waals surface area contributed by atoms with Crippen LogP contribution in [0.3, 0.4) is 0 Å². The molecule has 0 saturated heterocycles. The third-order valence-electron chi connectivity index (χ3n) is 6.65. The minimum Gasteiger partial charge on any atom is -0.497 e. The van der Waals surface area contributed by atoms with Crippen molar-refractivity contribution in [1.29, 1.82) is 0 Å². The molecule has 4 fully saturated rings. The fraction of sp³-hybridized carbons (Fsp3) is 0.667. The van der Waals surface area contributed by atoms with Gasteiger partial charge in [-0.05, 0) is 88.0 Å². The van der Waals surface area contributed by atoms with E-state index < -0.39 is 11.1 Å². The predicted molar refractivity (Wildman–Crippen MR) is 101 cm³/mol. The summed E-state index contributed by atoms with van der Waals surface area (Å²) in [6.07, 6.45) is 4.95. The lowest BCUT2D eigenvalue weighted by molar-refractivity contribution is -0.148.